The van der Waals surface area contributed by atoms with Crippen LogP contribution >= 0.6 is 11.3 Å². The number of benzene rings is 1. The molecule has 1 N–H and O–H groups in total. The van der Waals surface area contributed by atoms with Crippen molar-refractivity contribution in [3.8, 4) is 0 Å². The van der Waals surface area contributed by atoms with Crippen molar-refractivity contribution < 1.29 is 9.90 Å². The van der Waals surface area contributed by atoms with Crippen LogP contribution in [0.1, 0.15) is 20.8 Å². The Hall–Kier alpha value is -2.51. The van der Waals surface area contributed by atoms with Crippen LogP contribution in [0.5, 0.6) is 0 Å². The maximum absolute atomic E-state index is 12.8. The standard InChI is InChI=1S/C18H19N3O3S/c1-12-14-16(25-15(12)18(24)20(2)8-9-22)19-11-21(17(14)23)10-13-6-4-3-5-7-13/h3-7,11,22H,8-10H2,1-2H3. The van der Waals surface area contributed by atoms with Gasteiger partial charge in [-0.3, -0.25) is 14.2 Å². The van der Waals surface area contributed by atoms with Gasteiger partial charge in [-0.15, -0.1) is 11.3 Å². The third-order valence-electron chi connectivity index (χ3n) is 4.09. The summed E-state index contributed by atoms with van der Waals surface area (Å²) in [4.78, 5) is 32.2. The quantitative estimate of drug-likeness (QED) is 0.756. The molecule has 0 aliphatic heterocycles. The van der Waals surface area contributed by atoms with Crippen LogP contribution in [0.15, 0.2) is 41.5 Å². The zero-order valence-electron chi connectivity index (χ0n) is 14.1. The van der Waals surface area contributed by atoms with Crippen molar-refractivity contribution in [3.63, 3.8) is 0 Å². The van der Waals surface area contributed by atoms with Gasteiger partial charge >= 0.3 is 0 Å². The predicted molar refractivity (Wildman–Crippen MR) is 98.2 cm³/mol. The molecule has 2 heterocycles. The molecule has 0 spiro atoms. The molecule has 130 valence electrons. The van der Waals surface area contributed by atoms with Crippen LogP contribution in [0.25, 0.3) is 10.2 Å². The number of hydrogen-bond acceptors (Lipinski definition) is 5. The fourth-order valence-electron chi connectivity index (χ4n) is 2.68. The highest BCUT2D eigenvalue weighted by Crippen LogP contribution is 2.27. The molecular formula is C18H19N3O3S. The molecule has 3 rings (SSSR count). The summed E-state index contributed by atoms with van der Waals surface area (Å²) in [6, 6.07) is 9.69. The first kappa shape index (κ1) is 17.3. The highest BCUT2D eigenvalue weighted by Gasteiger charge is 2.21. The van der Waals surface area contributed by atoms with Crippen LogP contribution in [0.3, 0.4) is 0 Å². The lowest BCUT2D eigenvalue weighted by Gasteiger charge is -2.14. The molecule has 0 radical (unpaired) electrons. The molecule has 25 heavy (non-hydrogen) atoms. The fraction of sp³-hybridized carbons (Fsp3) is 0.278. The van der Waals surface area contributed by atoms with Crippen molar-refractivity contribution in [2.75, 3.05) is 20.2 Å². The number of fused-ring (bicyclic) bond motifs is 1. The Morgan fingerprint density at radius 1 is 1.32 bits per heavy atom. The topological polar surface area (TPSA) is 75.4 Å². The smallest absolute Gasteiger partial charge is 0.264 e. The van der Waals surface area contributed by atoms with Crippen LogP contribution in [-0.4, -0.2) is 45.7 Å². The van der Waals surface area contributed by atoms with E-state index < -0.39 is 0 Å². The van der Waals surface area contributed by atoms with E-state index in [4.69, 9.17) is 5.11 Å². The van der Waals surface area contributed by atoms with E-state index in [1.165, 1.54) is 22.6 Å². The summed E-state index contributed by atoms with van der Waals surface area (Å²) in [5.74, 6) is -0.205. The Labute approximate surface area is 149 Å². The third kappa shape index (κ3) is 3.33. The molecule has 6 nitrogen and oxygen atoms in total. The summed E-state index contributed by atoms with van der Waals surface area (Å²) in [7, 11) is 1.63. The van der Waals surface area contributed by atoms with E-state index >= 15 is 0 Å². The zero-order chi connectivity index (χ0) is 18.0. The molecule has 3 aromatic rings. The second-order valence-corrected chi connectivity index (χ2v) is 6.85. The average molecular weight is 357 g/mol. The third-order valence-corrected chi connectivity index (χ3v) is 5.28. The first-order valence-corrected chi connectivity index (χ1v) is 8.73. The van der Waals surface area contributed by atoms with Gasteiger partial charge in [-0.05, 0) is 18.1 Å². The lowest BCUT2D eigenvalue weighted by atomic mass is 10.2. The SMILES string of the molecule is Cc1c(C(=O)N(C)CCO)sc2ncn(Cc3ccccc3)c(=O)c12. The largest absolute Gasteiger partial charge is 0.395 e. The Bertz CT molecular complexity index is 963. The molecule has 0 aliphatic carbocycles. The monoisotopic (exact) mass is 357 g/mol. The van der Waals surface area contributed by atoms with Crippen LogP contribution in [-0.2, 0) is 6.54 Å². The minimum atomic E-state index is -0.205. The van der Waals surface area contributed by atoms with Gasteiger partial charge in [0.1, 0.15) is 4.83 Å². The van der Waals surface area contributed by atoms with Gasteiger partial charge in [0.15, 0.2) is 0 Å². The molecule has 1 amide bonds. The Kier molecular flexibility index (Phi) is 4.96. The molecule has 0 fully saturated rings. The summed E-state index contributed by atoms with van der Waals surface area (Å²) < 4.78 is 1.56. The van der Waals surface area contributed by atoms with Crippen LogP contribution in [0.4, 0.5) is 0 Å². The lowest BCUT2D eigenvalue weighted by Crippen LogP contribution is -2.29. The van der Waals surface area contributed by atoms with Crippen molar-refractivity contribution in [1.29, 1.82) is 0 Å². The number of thiophene rings is 1. The normalized spacial score (nSPS) is 11.0. The minimum Gasteiger partial charge on any atom is -0.395 e. The number of hydrogen-bond donors (Lipinski definition) is 1. The number of aryl methyl sites for hydroxylation is 1. The number of carbonyl (C=O) groups is 1. The van der Waals surface area contributed by atoms with Gasteiger partial charge in [-0.25, -0.2) is 4.98 Å². The molecular weight excluding hydrogens is 338 g/mol. The lowest BCUT2D eigenvalue weighted by molar-refractivity contribution is 0.0771. The molecule has 0 saturated heterocycles. The molecule has 0 unspecified atom stereocenters. The Morgan fingerprint density at radius 2 is 2.04 bits per heavy atom. The number of amides is 1. The minimum absolute atomic E-state index is 0.103. The van der Waals surface area contributed by atoms with Gasteiger partial charge in [0.25, 0.3) is 11.5 Å². The predicted octanol–water partition coefficient (Wildman–Crippen LogP) is 1.88. The average Bonchev–Trinajstić information content (AvgIpc) is 2.95. The fourth-order valence-corrected chi connectivity index (χ4v) is 3.81. The summed E-state index contributed by atoms with van der Waals surface area (Å²) in [5, 5.41) is 9.50. The molecule has 2 aromatic heterocycles. The molecule has 7 heteroatoms. The van der Waals surface area contributed by atoms with Gasteiger partial charge in [0.2, 0.25) is 0 Å². The van der Waals surface area contributed by atoms with E-state index in [-0.39, 0.29) is 24.6 Å². The molecule has 1 aromatic carbocycles. The number of aliphatic hydroxyl groups is 1. The highest BCUT2D eigenvalue weighted by molar-refractivity contribution is 7.20. The molecule has 0 atom stereocenters. The second-order valence-electron chi connectivity index (χ2n) is 5.85. The molecule has 0 aliphatic rings. The van der Waals surface area contributed by atoms with E-state index in [1.54, 1.807) is 18.5 Å². The van der Waals surface area contributed by atoms with Crippen LogP contribution in [0, 0.1) is 6.92 Å². The van der Waals surface area contributed by atoms with Crippen LogP contribution in [0.2, 0.25) is 0 Å². The van der Waals surface area contributed by atoms with Gasteiger partial charge in [0.05, 0.1) is 29.7 Å². The maximum Gasteiger partial charge on any atom is 0.264 e. The first-order chi connectivity index (χ1) is 12.0. The van der Waals surface area contributed by atoms with Crippen molar-refractivity contribution in [2.45, 2.75) is 13.5 Å². The van der Waals surface area contributed by atoms with Gasteiger partial charge in [-0.2, -0.15) is 0 Å². The van der Waals surface area contributed by atoms with E-state index in [1.807, 2.05) is 30.3 Å². The Balaban J connectivity index is 2.03. The summed E-state index contributed by atoms with van der Waals surface area (Å²) in [5.41, 5.74) is 1.51. The van der Waals surface area contributed by atoms with Gasteiger partial charge in [0, 0.05) is 13.6 Å². The van der Waals surface area contributed by atoms with Crippen molar-refractivity contribution >= 4 is 27.5 Å². The summed E-state index contributed by atoms with van der Waals surface area (Å²) in [6.07, 6.45) is 1.53. The van der Waals surface area contributed by atoms with Gasteiger partial charge < -0.3 is 10.0 Å². The molecule has 0 bridgehead atoms. The second kappa shape index (κ2) is 7.16. The van der Waals surface area contributed by atoms with Crippen molar-refractivity contribution in [3.05, 3.63) is 63.0 Å². The number of likely N-dealkylation sites (N-methyl/N-ethyl adjacent to an activating group) is 1. The number of aliphatic hydroxyl groups excluding tert-OH is 1. The van der Waals surface area contributed by atoms with Crippen LogP contribution < -0.4 is 5.56 Å². The zero-order valence-corrected chi connectivity index (χ0v) is 14.9. The van der Waals surface area contributed by atoms with Crippen molar-refractivity contribution in [2.24, 2.45) is 0 Å². The molecule has 0 saturated carbocycles. The summed E-state index contributed by atoms with van der Waals surface area (Å²) >= 11 is 1.22. The van der Waals surface area contributed by atoms with Crippen molar-refractivity contribution in [1.82, 2.24) is 14.5 Å². The van der Waals surface area contributed by atoms with Gasteiger partial charge in [-0.1, -0.05) is 30.3 Å². The number of nitrogens with zero attached hydrogens (tertiary/aromatic N) is 3. The number of carbonyl (C=O) groups excluding carboxylic acids is 1. The first-order valence-electron chi connectivity index (χ1n) is 7.91. The van der Waals surface area contributed by atoms with E-state index in [0.29, 0.717) is 27.2 Å². The Morgan fingerprint density at radius 3 is 2.72 bits per heavy atom. The highest BCUT2D eigenvalue weighted by atomic mass is 32.1. The number of aromatic nitrogens is 2. The van der Waals surface area contributed by atoms with E-state index in [2.05, 4.69) is 4.98 Å². The number of rotatable bonds is 5. The summed E-state index contributed by atoms with van der Waals surface area (Å²) in [6.45, 7) is 2.35. The van der Waals surface area contributed by atoms with E-state index in [0.717, 1.165) is 5.56 Å². The maximum atomic E-state index is 12.8. The van der Waals surface area contributed by atoms with E-state index in [9.17, 15) is 9.59 Å².